The van der Waals surface area contributed by atoms with Crippen LogP contribution in [0.4, 0.5) is 0 Å². The summed E-state index contributed by atoms with van der Waals surface area (Å²) < 4.78 is 16.9. The van der Waals surface area contributed by atoms with Gasteiger partial charge < -0.3 is 14.2 Å². The Hall–Kier alpha value is -4.97. The third kappa shape index (κ3) is 63.9. The zero-order valence-corrected chi connectivity index (χ0v) is 51.5. The van der Waals surface area contributed by atoms with Crippen LogP contribution in [0.5, 0.6) is 0 Å². The molecule has 0 aliphatic rings. The Labute approximate surface area is 492 Å². The lowest BCUT2D eigenvalue weighted by Gasteiger charge is -2.18. The first-order chi connectivity index (χ1) is 39.5. The number of rotatable bonds is 57. The fraction of sp³-hybridized carbons (Fsp3) is 0.608. The van der Waals surface area contributed by atoms with E-state index in [-0.39, 0.29) is 31.1 Å². The van der Waals surface area contributed by atoms with E-state index in [9.17, 15) is 14.4 Å². The Morgan fingerprint density at radius 3 is 0.775 bits per heavy atom. The van der Waals surface area contributed by atoms with E-state index in [0.29, 0.717) is 19.3 Å². The van der Waals surface area contributed by atoms with Gasteiger partial charge in [-0.05, 0) is 128 Å². The monoisotopic (exact) mass is 1100 g/mol. The highest BCUT2D eigenvalue weighted by Crippen LogP contribution is 2.15. The predicted octanol–water partition coefficient (Wildman–Crippen LogP) is 22.5. The average molecular weight is 1100 g/mol. The van der Waals surface area contributed by atoms with Crippen molar-refractivity contribution in [3.05, 3.63) is 158 Å². The Kier molecular flexibility index (Phi) is 62.4. The molecule has 0 aliphatic carbocycles. The zero-order valence-electron chi connectivity index (χ0n) is 51.5. The molecule has 0 aromatic carbocycles. The van der Waals surface area contributed by atoms with Crippen LogP contribution in [0.2, 0.25) is 0 Å². The van der Waals surface area contributed by atoms with Gasteiger partial charge in [-0.25, -0.2) is 0 Å². The van der Waals surface area contributed by atoms with E-state index in [2.05, 4.69) is 179 Å². The van der Waals surface area contributed by atoms with Crippen molar-refractivity contribution < 1.29 is 28.6 Å². The first-order valence-corrected chi connectivity index (χ1v) is 32.5. The van der Waals surface area contributed by atoms with Crippen molar-refractivity contribution in [1.29, 1.82) is 0 Å². The predicted molar refractivity (Wildman–Crippen MR) is 348 cm³/mol. The van der Waals surface area contributed by atoms with E-state index in [1.165, 1.54) is 70.6 Å². The summed E-state index contributed by atoms with van der Waals surface area (Å²) in [6.45, 7) is 6.37. The fourth-order valence-corrected chi connectivity index (χ4v) is 8.48. The normalized spacial score (nSPS) is 13.2. The molecule has 0 aliphatic heterocycles. The molecule has 1 unspecified atom stereocenters. The summed E-state index contributed by atoms with van der Waals surface area (Å²) in [6, 6.07) is 0. The second-order valence-corrected chi connectivity index (χ2v) is 20.9. The summed E-state index contributed by atoms with van der Waals surface area (Å²) in [5, 5.41) is 0. The molecule has 0 heterocycles. The standard InChI is InChI=1S/C74H118O6/c1-4-7-10-13-16-19-22-25-27-29-31-32-33-34-35-36-37-38-39-40-41-42-44-45-47-49-52-55-58-61-64-67-73(76)79-70-71(69-78-72(75)66-63-60-57-54-51-24-21-18-15-12-9-6-3)80-74(77)68-65-62-59-56-53-50-48-46-43-30-28-26-23-20-17-14-11-8-5-2/h7-8,10-11,16-17,19-20,25-28,31-32,34-35,37-38,40-41,43-46,49,52,71H,4-6,9,12-15,18,21-24,29-30,33,36,39,42,47-48,50-51,53-70H2,1-3H3/b10-7-,11-8-,19-16-,20-17-,27-25-,28-26-,32-31-,35-34-,38-37-,41-40-,45-44-,46-43-,52-49-. The number of unbranched alkanes of at least 4 members (excludes halogenated alkanes) is 20. The van der Waals surface area contributed by atoms with Crippen LogP contribution in [0.3, 0.4) is 0 Å². The molecule has 0 fully saturated rings. The van der Waals surface area contributed by atoms with Crippen LogP contribution in [0, 0.1) is 0 Å². The third-order valence-corrected chi connectivity index (χ3v) is 13.3. The van der Waals surface area contributed by atoms with Crippen molar-refractivity contribution in [1.82, 2.24) is 0 Å². The van der Waals surface area contributed by atoms with Crippen molar-refractivity contribution >= 4 is 17.9 Å². The molecule has 0 bridgehead atoms. The number of ether oxygens (including phenoxy) is 3. The van der Waals surface area contributed by atoms with Gasteiger partial charge in [0, 0.05) is 19.3 Å². The van der Waals surface area contributed by atoms with E-state index in [1.807, 2.05) is 0 Å². The Morgan fingerprint density at radius 1 is 0.263 bits per heavy atom. The van der Waals surface area contributed by atoms with E-state index < -0.39 is 6.10 Å². The SMILES string of the molecule is CC/C=C\C/C=C\C/C=C\C/C=C\C/C=C\C/C=C\C/C=C\C/C=C\C/C=C\CCCCCC(=O)OCC(COC(=O)CCCCCCCCCCCCCC)OC(=O)CCCCCCCC/C=C\C/C=C\C/C=C\C/C=C\CC. The molecular formula is C74H118O6. The number of esters is 3. The summed E-state index contributed by atoms with van der Waals surface area (Å²) in [7, 11) is 0. The highest BCUT2D eigenvalue weighted by Gasteiger charge is 2.19. The first kappa shape index (κ1) is 75.0. The van der Waals surface area contributed by atoms with Crippen LogP contribution in [0.1, 0.15) is 271 Å². The third-order valence-electron chi connectivity index (χ3n) is 13.3. The molecular weight excluding hydrogens is 985 g/mol. The Balaban J connectivity index is 4.41. The number of carbonyl (C=O) groups is 3. The van der Waals surface area contributed by atoms with Gasteiger partial charge in [0.15, 0.2) is 6.10 Å². The van der Waals surface area contributed by atoms with Crippen LogP contribution < -0.4 is 0 Å². The number of hydrogen-bond acceptors (Lipinski definition) is 6. The number of allylic oxidation sites excluding steroid dienone is 26. The lowest BCUT2D eigenvalue weighted by Crippen LogP contribution is -2.30. The summed E-state index contributed by atoms with van der Waals surface area (Å²) >= 11 is 0. The quantitative estimate of drug-likeness (QED) is 0.0261. The van der Waals surface area contributed by atoms with Crippen molar-refractivity contribution in [2.75, 3.05) is 13.2 Å². The molecule has 0 radical (unpaired) electrons. The van der Waals surface area contributed by atoms with Crippen molar-refractivity contribution in [3.8, 4) is 0 Å². The molecule has 0 amide bonds. The van der Waals surface area contributed by atoms with Crippen LogP contribution in [-0.4, -0.2) is 37.2 Å². The van der Waals surface area contributed by atoms with Gasteiger partial charge in [0.1, 0.15) is 13.2 Å². The largest absolute Gasteiger partial charge is 0.462 e. The van der Waals surface area contributed by atoms with Gasteiger partial charge >= 0.3 is 17.9 Å². The number of carbonyl (C=O) groups excluding carboxylic acids is 3. The van der Waals surface area contributed by atoms with Gasteiger partial charge in [0.05, 0.1) is 0 Å². The molecule has 6 heteroatoms. The molecule has 0 saturated heterocycles. The summed E-state index contributed by atoms with van der Waals surface area (Å²) in [6.07, 6.45) is 96.8. The molecule has 0 N–H and O–H groups in total. The number of hydrogen-bond donors (Lipinski definition) is 0. The molecule has 0 aromatic rings. The molecule has 0 spiro atoms. The highest BCUT2D eigenvalue weighted by atomic mass is 16.6. The minimum Gasteiger partial charge on any atom is -0.462 e. The Morgan fingerprint density at radius 2 is 0.487 bits per heavy atom. The minimum absolute atomic E-state index is 0.0985. The van der Waals surface area contributed by atoms with Gasteiger partial charge in [-0.2, -0.15) is 0 Å². The zero-order chi connectivity index (χ0) is 57.8. The topological polar surface area (TPSA) is 78.9 Å². The van der Waals surface area contributed by atoms with Crippen molar-refractivity contribution in [2.24, 2.45) is 0 Å². The lowest BCUT2D eigenvalue weighted by molar-refractivity contribution is -0.167. The van der Waals surface area contributed by atoms with E-state index in [4.69, 9.17) is 14.2 Å². The van der Waals surface area contributed by atoms with Gasteiger partial charge in [-0.15, -0.1) is 0 Å². The first-order valence-electron chi connectivity index (χ1n) is 32.5. The molecule has 450 valence electrons. The van der Waals surface area contributed by atoms with Crippen LogP contribution in [0.25, 0.3) is 0 Å². The molecule has 6 nitrogen and oxygen atoms in total. The summed E-state index contributed by atoms with van der Waals surface area (Å²) in [5.41, 5.74) is 0. The second-order valence-electron chi connectivity index (χ2n) is 20.9. The van der Waals surface area contributed by atoms with Gasteiger partial charge in [0.2, 0.25) is 0 Å². The van der Waals surface area contributed by atoms with Crippen LogP contribution in [-0.2, 0) is 28.6 Å². The molecule has 0 rings (SSSR count). The fourth-order valence-electron chi connectivity index (χ4n) is 8.48. The molecule has 1 atom stereocenters. The second kappa shape index (κ2) is 66.5. The highest BCUT2D eigenvalue weighted by molar-refractivity contribution is 5.71. The molecule has 0 saturated carbocycles. The molecule has 0 aromatic heterocycles. The van der Waals surface area contributed by atoms with Crippen molar-refractivity contribution in [2.45, 2.75) is 277 Å². The van der Waals surface area contributed by atoms with E-state index >= 15 is 0 Å². The van der Waals surface area contributed by atoms with Gasteiger partial charge in [-0.3, -0.25) is 14.4 Å². The Bertz CT molecular complexity index is 1790. The maximum Gasteiger partial charge on any atom is 0.306 e. The maximum atomic E-state index is 12.9. The van der Waals surface area contributed by atoms with Crippen LogP contribution in [0.15, 0.2) is 158 Å². The smallest absolute Gasteiger partial charge is 0.306 e. The van der Waals surface area contributed by atoms with E-state index in [1.54, 1.807) is 0 Å². The summed E-state index contributed by atoms with van der Waals surface area (Å²) in [4.78, 5) is 38.3. The van der Waals surface area contributed by atoms with Gasteiger partial charge in [0.25, 0.3) is 0 Å². The summed E-state index contributed by atoms with van der Waals surface area (Å²) in [5.74, 6) is -0.949. The van der Waals surface area contributed by atoms with E-state index in [0.717, 1.165) is 161 Å². The van der Waals surface area contributed by atoms with Gasteiger partial charge in [-0.1, -0.05) is 281 Å². The van der Waals surface area contributed by atoms with Crippen LogP contribution >= 0.6 is 0 Å². The van der Waals surface area contributed by atoms with Crippen molar-refractivity contribution in [3.63, 3.8) is 0 Å². The minimum atomic E-state index is -0.806. The molecule has 80 heavy (non-hydrogen) atoms. The average Bonchev–Trinajstić information content (AvgIpc) is 3.46. The lowest BCUT2D eigenvalue weighted by atomic mass is 10.0. The maximum absolute atomic E-state index is 12.9.